The number of rotatable bonds is 4. The van der Waals surface area contributed by atoms with Gasteiger partial charge in [0.25, 0.3) is 5.91 Å². The highest BCUT2D eigenvalue weighted by atomic mass is 19.1. The van der Waals surface area contributed by atoms with Crippen molar-refractivity contribution in [1.29, 1.82) is 0 Å². The molecule has 1 aliphatic carbocycles. The molecule has 0 bridgehead atoms. The number of amides is 2. The molecule has 1 fully saturated rings. The predicted molar refractivity (Wildman–Crippen MR) is 94.4 cm³/mol. The molecule has 2 amide bonds. The topological polar surface area (TPSA) is 72.2 Å². The molecular formula is C20H20F2N2O2. The summed E-state index contributed by atoms with van der Waals surface area (Å²) in [5.74, 6) is -2.09. The van der Waals surface area contributed by atoms with Crippen LogP contribution in [0.1, 0.15) is 41.6 Å². The molecule has 1 saturated carbocycles. The Morgan fingerprint density at radius 2 is 1.69 bits per heavy atom. The summed E-state index contributed by atoms with van der Waals surface area (Å²) in [6.45, 7) is 1.69. The highest BCUT2D eigenvalue weighted by Crippen LogP contribution is 2.31. The Balaban J connectivity index is 1.87. The largest absolute Gasteiger partial charge is 0.368 e. The fraction of sp³-hybridized carbons (Fsp3) is 0.300. The molecule has 2 aromatic rings. The van der Waals surface area contributed by atoms with Gasteiger partial charge < -0.3 is 11.1 Å². The summed E-state index contributed by atoms with van der Waals surface area (Å²) in [5.41, 5.74) is 5.95. The van der Waals surface area contributed by atoms with E-state index in [0.29, 0.717) is 24.0 Å². The molecule has 6 heteroatoms. The second kappa shape index (κ2) is 6.86. The van der Waals surface area contributed by atoms with Gasteiger partial charge in [-0.25, -0.2) is 8.78 Å². The van der Waals surface area contributed by atoms with Crippen molar-refractivity contribution in [3.8, 4) is 11.1 Å². The van der Waals surface area contributed by atoms with Gasteiger partial charge in [0, 0.05) is 11.1 Å². The van der Waals surface area contributed by atoms with Crippen LogP contribution in [0.2, 0.25) is 0 Å². The maximum atomic E-state index is 14.6. The second-order valence-electron chi connectivity index (χ2n) is 6.76. The first kappa shape index (κ1) is 18.0. The lowest BCUT2D eigenvalue weighted by Gasteiger charge is -2.26. The first-order chi connectivity index (χ1) is 12.3. The van der Waals surface area contributed by atoms with Crippen LogP contribution in [0.25, 0.3) is 11.1 Å². The average molecular weight is 358 g/mol. The Kier molecular flexibility index (Phi) is 4.76. The molecule has 0 saturated heterocycles. The summed E-state index contributed by atoms with van der Waals surface area (Å²) < 4.78 is 27.8. The molecule has 3 N–H and O–H groups in total. The third-order valence-electron chi connectivity index (χ3n) is 4.99. The lowest BCUT2D eigenvalue weighted by molar-refractivity contribution is -0.123. The van der Waals surface area contributed by atoms with Gasteiger partial charge in [-0.05, 0) is 55.2 Å². The van der Waals surface area contributed by atoms with E-state index in [1.807, 2.05) is 0 Å². The third kappa shape index (κ3) is 3.31. The highest BCUT2D eigenvalue weighted by Gasteiger charge is 2.41. The Bertz CT molecular complexity index is 874. The molecule has 0 spiro atoms. The minimum absolute atomic E-state index is 0.110. The average Bonchev–Trinajstić information content (AvgIpc) is 3.05. The van der Waals surface area contributed by atoms with Crippen LogP contribution in [-0.4, -0.2) is 17.4 Å². The zero-order valence-electron chi connectivity index (χ0n) is 14.4. The van der Waals surface area contributed by atoms with Crippen LogP contribution in [-0.2, 0) is 4.79 Å². The summed E-state index contributed by atoms with van der Waals surface area (Å²) in [4.78, 5) is 24.3. The molecule has 0 aromatic heterocycles. The van der Waals surface area contributed by atoms with E-state index in [-0.39, 0.29) is 11.1 Å². The SMILES string of the molecule is Cc1cc(F)ccc1-c1ccc(C(=O)NC2(C(N)=O)CCCC2)cc1F. The first-order valence-electron chi connectivity index (χ1n) is 8.51. The van der Waals surface area contributed by atoms with Crippen LogP contribution >= 0.6 is 0 Å². The summed E-state index contributed by atoms with van der Waals surface area (Å²) in [6, 6.07) is 8.18. The van der Waals surface area contributed by atoms with Crippen molar-refractivity contribution in [2.75, 3.05) is 0 Å². The molecule has 136 valence electrons. The smallest absolute Gasteiger partial charge is 0.252 e. The van der Waals surface area contributed by atoms with Gasteiger partial charge in [0.1, 0.15) is 17.2 Å². The summed E-state index contributed by atoms with van der Waals surface area (Å²) >= 11 is 0. The third-order valence-corrected chi connectivity index (χ3v) is 4.99. The molecule has 1 aliphatic rings. The molecule has 4 nitrogen and oxygen atoms in total. The zero-order valence-corrected chi connectivity index (χ0v) is 14.4. The summed E-state index contributed by atoms with van der Waals surface area (Å²) in [5, 5.41) is 2.68. The molecule has 0 atom stereocenters. The van der Waals surface area contributed by atoms with Crippen LogP contribution in [0.4, 0.5) is 8.78 Å². The molecule has 3 rings (SSSR count). The minimum Gasteiger partial charge on any atom is -0.368 e. The molecular weight excluding hydrogens is 338 g/mol. The number of carbonyl (C=O) groups is 2. The van der Waals surface area contributed by atoms with Crippen molar-refractivity contribution >= 4 is 11.8 Å². The van der Waals surface area contributed by atoms with Gasteiger partial charge in [-0.1, -0.05) is 25.0 Å². The Morgan fingerprint density at radius 3 is 2.27 bits per heavy atom. The van der Waals surface area contributed by atoms with Crippen LogP contribution in [0.3, 0.4) is 0 Å². The number of nitrogens with two attached hydrogens (primary N) is 1. The van der Waals surface area contributed by atoms with Gasteiger partial charge in [-0.2, -0.15) is 0 Å². The van der Waals surface area contributed by atoms with Crippen molar-refractivity contribution in [3.63, 3.8) is 0 Å². The Labute approximate surface area is 150 Å². The zero-order chi connectivity index (χ0) is 18.9. The van der Waals surface area contributed by atoms with Crippen LogP contribution in [0.15, 0.2) is 36.4 Å². The molecule has 0 aliphatic heterocycles. The lowest BCUT2D eigenvalue weighted by atomic mass is 9.95. The Morgan fingerprint density at radius 1 is 1.04 bits per heavy atom. The van der Waals surface area contributed by atoms with E-state index >= 15 is 0 Å². The van der Waals surface area contributed by atoms with Gasteiger partial charge in [-0.3, -0.25) is 9.59 Å². The maximum Gasteiger partial charge on any atom is 0.252 e. The van der Waals surface area contributed by atoms with E-state index in [4.69, 9.17) is 5.73 Å². The van der Waals surface area contributed by atoms with E-state index in [0.717, 1.165) is 18.9 Å². The van der Waals surface area contributed by atoms with Gasteiger partial charge in [0.15, 0.2) is 0 Å². The number of carbonyl (C=O) groups excluding carboxylic acids is 2. The normalized spacial score (nSPS) is 15.7. The summed E-state index contributed by atoms with van der Waals surface area (Å²) in [7, 11) is 0. The fourth-order valence-electron chi connectivity index (χ4n) is 3.51. The molecule has 0 radical (unpaired) electrons. The van der Waals surface area contributed by atoms with Crippen molar-refractivity contribution in [3.05, 3.63) is 59.2 Å². The molecule has 0 unspecified atom stereocenters. The number of primary amides is 1. The quantitative estimate of drug-likeness (QED) is 0.878. The van der Waals surface area contributed by atoms with Crippen molar-refractivity contribution in [2.45, 2.75) is 38.1 Å². The number of aryl methyl sites for hydroxylation is 1. The monoisotopic (exact) mass is 358 g/mol. The number of benzene rings is 2. The highest BCUT2D eigenvalue weighted by molar-refractivity contribution is 5.99. The van der Waals surface area contributed by atoms with E-state index in [1.54, 1.807) is 6.92 Å². The van der Waals surface area contributed by atoms with Gasteiger partial charge >= 0.3 is 0 Å². The number of nitrogens with one attached hydrogen (secondary N) is 1. The van der Waals surface area contributed by atoms with Crippen LogP contribution in [0.5, 0.6) is 0 Å². The van der Waals surface area contributed by atoms with E-state index in [9.17, 15) is 18.4 Å². The van der Waals surface area contributed by atoms with Crippen molar-refractivity contribution < 1.29 is 18.4 Å². The first-order valence-corrected chi connectivity index (χ1v) is 8.51. The van der Waals surface area contributed by atoms with Crippen LogP contribution in [0, 0.1) is 18.6 Å². The van der Waals surface area contributed by atoms with E-state index in [2.05, 4.69) is 5.32 Å². The summed E-state index contributed by atoms with van der Waals surface area (Å²) in [6.07, 6.45) is 2.59. The van der Waals surface area contributed by atoms with Gasteiger partial charge in [0.2, 0.25) is 5.91 Å². The predicted octanol–water partition coefficient (Wildman–Crippen LogP) is 3.47. The van der Waals surface area contributed by atoms with Crippen LogP contribution < -0.4 is 11.1 Å². The Hall–Kier alpha value is -2.76. The van der Waals surface area contributed by atoms with Crippen molar-refractivity contribution in [2.24, 2.45) is 5.73 Å². The fourth-order valence-corrected chi connectivity index (χ4v) is 3.51. The van der Waals surface area contributed by atoms with Gasteiger partial charge in [-0.15, -0.1) is 0 Å². The molecule has 26 heavy (non-hydrogen) atoms. The standard InChI is InChI=1S/C20H20F2N2O2/c1-12-10-14(21)5-7-15(12)16-6-4-13(11-17(16)22)18(25)24-20(19(23)26)8-2-3-9-20/h4-7,10-11H,2-3,8-9H2,1H3,(H2,23,26)(H,24,25). The number of hydrogen-bond donors (Lipinski definition) is 2. The lowest BCUT2D eigenvalue weighted by Crippen LogP contribution is -2.55. The minimum atomic E-state index is -1.06. The molecule has 0 heterocycles. The molecule has 2 aromatic carbocycles. The van der Waals surface area contributed by atoms with Crippen molar-refractivity contribution in [1.82, 2.24) is 5.32 Å². The number of hydrogen-bond acceptors (Lipinski definition) is 2. The van der Waals surface area contributed by atoms with E-state index < -0.39 is 29.0 Å². The van der Waals surface area contributed by atoms with Gasteiger partial charge in [0.05, 0.1) is 0 Å². The maximum absolute atomic E-state index is 14.6. The van der Waals surface area contributed by atoms with E-state index in [1.165, 1.54) is 30.3 Å². The number of halogens is 2. The second-order valence-corrected chi connectivity index (χ2v) is 6.76.